The summed E-state index contributed by atoms with van der Waals surface area (Å²) in [4.78, 5) is 2.55. The number of likely N-dealkylation sites (tertiary alicyclic amines) is 1. The molecule has 1 aromatic carbocycles. The van der Waals surface area contributed by atoms with Gasteiger partial charge in [0, 0.05) is 12.6 Å². The molecule has 0 radical (unpaired) electrons. The number of para-hydroxylation sites is 1. The first kappa shape index (κ1) is 15.3. The molecule has 3 nitrogen and oxygen atoms in total. The number of benzene rings is 1. The average molecular weight is 276 g/mol. The van der Waals surface area contributed by atoms with E-state index in [1.54, 1.807) is 0 Å². The number of piperidine rings is 1. The van der Waals surface area contributed by atoms with E-state index < -0.39 is 0 Å². The maximum atomic E-state index is 6.00. The standard InChI is InChI=1S/C17H28N2O/c1-15-7-4-5-12-19(15)13-14-20-17-10-3-2-8-16(17)9-6-11-18/h2-3,8,10,15H,4-7,9,11-14,18H2,1H3. The molecule has 1 aliphatic heterocycles. The van der Waals surface area contributed by atoms with Gasteiger partial charge >= 0.3 is 0 Å². The predicted molar refractivity (Wildman–Crippen MR) is 84.2 cm³/mol. The molecule has 3 heteroatoms. The fraction of sp³-hybridized carbons (Fsp3) is 0.647. The molecule has 1 aliphatic rings. The fourth-order valence-corrected chi connectivity index (χ4v) is 2.91. The van der Waals surface area contributed by atoms with Crippen LogP contribution in [-0.2, 0) is 6.42 Å². The number of aryl methyl sites for hydroxylation is 1. The van der Waals surface area contributed by atoms with Gasteiger partial charge in [-0.2, -0.15) is 0 Å². The monoisotopic (exact) mass is 276 g/mol. The first-order valence-corrected chi connectivity index (χ1v) is 7.96. The van der Waals surface area contributed by atoms with Crippen molar-refractivity contribution in [1.82, 2.24) is 4.90 Å². The Bertz CT molecular complexity index is 394. The molecule has 0 aliphatic carbocycles. The van der Waals surface area contributed by atoms with Crippen LogP contribution in [-0.4, -0.2) is 37.2 Å². The number of nitrogens with zero attached hydrogens (tertiary/aromatic N) is 1. The molecule has 1 heterocycles. The lowest BCUT2D eigenvalue weighted by Gasteiger charge is -2.33. The molecule has 112 valence electrons. The summed E-state index contributed by atoms with van der Waals surface area (Å²) in [6.45, 7) is 6.10. The fourth-order valence-electron chi connectivity index (χ4n) is 2.91. The molecule has 2 N–H and O–H groups in total. The molecule has 0 aromatic heterocycles. The molecule has 0 amide bonds. The summed E-state index contributed by atoms with van der Waals surface area (Å²) in [5.41, 5.74) is 6.87. The molecule has 1 unspecified atom stereocenters. The van der Waals surface area contributed by atoms with Crippen LogP contribution < -0.4 is 10.5 Å². The summed E-state index contributed by atoms with van der Waals surface area (Å²) < 4.78 is 6.00. The van der Waals surface area contributed by atoms with Gasteiger partial charge in [0.05, 0.1) is 0 Å². The Hall–Kier alpha value is -1.06. The lowest BCUT2D eigenvalue weighted by Crippen LogP contribution is -2.39. The number of ether oxygens (including phenoxy) is 1. The molecule has 1 atom stereocenters. The van der Waals surface area contributed by atoms with Crippen molar-refractivity contribution in [3.63, 3.8) is 0 Å². The molecule has 0 bridgehead atoms. The zero-order valence-electron chi connectivity index (χ0n) is 12.7. The molecule has 2 rings (SSSR count). The van der Waals surface area contributed by atoms with Gasteiger partial charge in [-0.15, -0.1) is 0 Å². The predicted octanol–water partition coefficient (Wildman–Crippen LogP) is 2.83. The highest BCUT2D eigenvalue weighted by atomic mass is 16.5. The minimum Gasteiger partial charge on any atom is -0.492 e. The smallest absolute Gasteiger partial charge is 0.122 e. The minimum atomic E-state index is 0.708. The second-order valence-corrected chi connectivity index (χ2v) is 5.73. The highest BCUT2D eigenvalue weighted by Crippen LogP contribution is 2.20. The second kappa shape index (κ2) is 8.28. The van der Waals surface area contributed by atoms with Gasteiger partial charge in [0.2, 0.25) is 0 Å². The third-order valence-corrected chi connectivity index (χ3v) is 4.20. The number of hydrogen-bond acceptors (Lipinski definition) is 3. The Morgan fingerprint density at radius 3 is 2.95 bits per heavy atom. The van der Waals surface area contributed by atoms with E-state index in [0.29, 0.717) is 6.04 Å². The van der Waals surface area contributed by atoms with Crippen molar-refractivity contribution in [3.05, 3.63) is 29.8 Å². The first-order valence-electron chi connectivity index (χ1n) is 7.96. The van der Waals surface area contributed by atoms with Crippen molar-refractivity contribution < 1.29 is 4.74 Å². The van der Waals surface area contributed by atoms with E-state index in [1.807, 2.05) is 6.07 Å². The summed E-state index contributed by atoms with van der Waals surface area (Å²) >= 11 is 0. The van der Waals surface area contributed by atoms with Crippen molar-refractivity contribution in [2.75, 3.05) is 26.2 Å². The van der Waals surface area contributed by atoms with Crippen LogP contribution in [0, 0.1) is 0 Å². The van der Waals surface area contributed by atoms with Crippen LogP contribution in [0.15, 0.2) is 24.3 Å². The summed E-state index contributed by atoms with van der Waals surface area (Å²) in [6.07, 6.45) is 6.06. The van der Waals surface area contributed by atoms with Crippen molar-refractivity contribution in [3.8, 4) is 5.75 Å². The van der Waals surface area contributed by atoms with Gasteiger partial charge in [-0.1, -0.05) is 24.6 Å². The molecule has 0 spiro atoms. The van der Waals surface area contributed by atoms with Crippen molar-refractivity contribution in [1.29, 1.82) is 0 Å². The maximum absolute atomic E-state index is 6.00. The highest BCUT2D eigenvalue weighted by Gasteiger charge is 2.17. The van der Waals surface area contributed by atoms with Crippen LogP contribution in [0.4, 0.5) is 0 Å². The molecule has 1 aromatic rings. The summed E-state index contributed by atoms with van der Waals surface area (Å²) in [5.74, 6) is 1.03. The minimum absolute atomic E-state index is 0.708. The Labute approximate surface area is 123 Å². The van der Waals surface area contributed by atoms with Crippen molar-refractivity contribution >= 4 is 0 Å². The van der Waals surface area contributed by atoms with Crippen LogP contribution in [0.5, 0.6) is 5.75 Å². The second-order valence-electron chi connectivity index (χ2n) is 5.73. The van der Waals surface area contributed by atoms with E-state index in [1.165, 1.54) is 31.4 Å². The van der Waals surface area contributed by atoms with Crippen LogP contribution in [0.2, 0.25) is 0 Å². The van der Waals surface area contributed by atoms with E-state index in [4.69, 9.17) is 10.5 Å². The van der Waals surface area contributed by atoms with E-state index in [0.717, 1.165) is 38.3 Å². The lowest BCUT2D eigenvalue weighted by atomic mass is 10.0. The first-order chi connectivity index (χ1) is 9.81. The van der Waals surface area contributed by atoms with Gasteiger partial charge < -0.3 is 10.5 Å². The largest absolute Gasteiger partial charge is 0.492 e. The van der Waals surface area contributed by atoms with Crippen LogP contribution in [0.25, 0.3) is 0 Å². The molecule has 20 heavy (non-hydrogen) atoms. The quantitative estimate of drug-likeness (QED) is 0.832. The third-order valence-electron chi connectivity index (χ3n) is 4.20. The maximum Gasteiger partial charge on any atom is 0.122 e. The summed E-state index contributed by atoms with van der Waals surface area (Å²) in [6, 6.07) is 9.05. The number of hydrogen-bond donors (Lipinski definition) is 1. The van der Waals surface area contributed by atoms with Gasteiger partial charge in [0.15, 0.2) is 0 Å². The SMILES string of the molecule is CC1CCCCN1CCOc1ccccc1CCCN. The summed E-state index contributed by atoms with van der Waals surface area (Å²) in [7, 11) is 0. The number of nitrogens with two attached hydrogens (primary N) is 1. The van der Waals surface area contributed by atoms with E-state index >= 15 is 0 Å². The van der Waals surface area contributed by atoms with Gasteiger partial charge in [-0.05, 0) is 57.3 Å². The Kier molecular flexibility index (Phi) is 6.34. The van der Waals surface area contributed by atoms with Gasteiger partial charge in [0.1, 0.15) is 12.4 Å². The van der Waals surface area contributed by atoms with Crippen LogP contribution in [0.1, 0.15) is 38.2 Å². The van der Waals surface area contributed by atoms with Gasteiger partial charge in [-0.3, -0.25) is 4.90 Å². The van der Waals surface area contributed by atoms with Crippen LogP contribution >= 0.6 is 0 Å². The van der Waals surface area contributed by atoms with Gasteiger partial charge in [-0.25, -0.2) is 0 Å². The highest BCUT2D eigenvalue weighted by molar-refractivity contribution is 5.33. The zero-order chi connectivity index (χ0) is 14.2. The molecule has 1 saturated heterocycles. The van der Waals surface area contributed by atoms with E-state index in [-0.39, 0.29) is 0 Å². The topological polar surface area (TPSA) is 38.5 Å². The van der Waals surface area contributed by atoms with Crippen molar-refractivity contribution in [2.45, 2.75) is 45.1 Å². The van der Waals surface area contributed by atoms with Gasteiger partial charge in [0.25, 0.3) is 0 Å². The van der Waals surface area contributed by atoms with E-state index in [9.17, 15) is 0 Å². The van der Waals surface area contributed by atoms with E-state index in [2.05, 4.69) is 30.0 Å². The molecule has 1 fully saturated rings. The number of rotatable bonds is 7. The Balaban J connectivity index is 1.81. The average Bonchev–Trinajstić information content (AvgIpc) is 2.48. The molecular weight excluding hydrogens is 248 g/mol. The summed E-state index contributed by atoms with van der Waals surface area (Å²) in [5, 5.41) is 0. The molecule has 0 saturated carbocycles. The van der Waals surface area contributed by atoms with Crippen molar-refractivity contribution in [2.24, 2.45) is 5.73 Å². The normalized spacial score (nSPS) is 20.0. The third kappa shape index (κ3) is 4.50. The Morgan fingerprint density at radius 2 is 2.15 bits per heavy atom. The Morgan fingerprint density at radius 1 is 1.30 bits per heavy atom. The van der Waals surface area contributed by atoms with Crippen LogP contribution in [0.3, 0.4) is 0 Å². The lowest BCUT2D eigenvalue weighted by molar-refractivity contribution is 0.133. The molecular formula is C17H28N2O. The zero-order valence-corrected chi connectivity index (χ0v) is 12.7.